The van der Waals surface area contributed by atoms with Crippen LogP contribution in [0.15, 0.2) is 12.2 Å². The second-order valence-electron chi connectivity index (χ2n) is 2.28. The van der Waals surface area contributed by atoms with Crippen LogP contribution in [0.4, 0.5) is 0 Å². The van der Waals surface area contributed by atoms with Gasteiger partial charge in [0.2, 0.25) is 0 Å². The Morgan fingerprint density at radius 2 is 2.22 bits per heavy atom. The van der Waals surface area contributed by atoms with Crippen molar-refractivity contribution in [3.8, 4) is 0 Å². The zero-order valence-electron chi connectivity index (χ0n) is 6.35. The van der Waals surface area contributed by atoms with Crippen molar-refractivity contribution in [1.29, 1.82) is 0 Å². The third kappa shape index (κ3) is 4.18. The van der Waals surface area contributed by atoms with Gasteiger partial charge in [0.15, 0.2) is 0 Å². The first-order valence-electron chi connectivity index (χ1n) is 3.26. The van der Waals surface area contributed by atoms with Crippen LogP contribution in [0.1, 0.15) is 6.92 Å². The summed E-state index contributed by atoms with van der Waals surface area (Å²) in [4.78, 5) is 2.18. The van der Waals surface area contributed by atoms with E-state index in [2.05, 4.69) is 25.5 Å². The van der Waals surface area contributed by atoms with E-state index in [1.807, 2.05) is 0 Å². The molecular weight excluding hydrogens is 112 g/mol. The second kappa shape index (κ2) is 4.53. The van der Waals surface area contributed by atoms with Crippen LogP contribution >= 0.6 is 0 Å². The molecular formula is C7H16N2. The smallest absolute Gasteiger partial charge is 0.0199 e. The van der Waals surface area contributed by atoms with Crippen molar-refractivity contribution < 1.29 is 0 Å². The molecule has 0 aromatic carbocycles. The molecule has 54 valence electrons. The Balaban J connectivity index is 3.34. The van der Waals surface area contributed by atoms with Gasteiger partial charge in [-0.15, -0.1) is 0 Å². The van der Waals surface area contributed by atoms with Crippen molar-refractivity contribution >= 4 is 0 Å². The Bertz CT molecular complexity index is 88.9. The molecule has 0 aliphatic rings. The van der Waals surface area contributed by atoms with Crippen molar-refractivity contribution in [2.24, 2.45) is 5.73 Å². The minimum absolute atomic E-state index is 0.602. The lowest BCUT2D eigenvalue weighted by atomic mass is 10.3. The fourth-order valence-electron chi connectivity index (χ4n) is 0.558. The normalized spacial score (nSPS) is 10.2. The van der Waals surface area contributed by atoms with Crippen molar-refractivity contribution in [1.82, 2.24) is 4.90 Å². The van der Waals surface area contributed by atoms with Crippen LogP contribution in [0.3, 0.4) is 0 Å². The van der Waals surface area contributed by atoms with Crippen molar-refractivity contribution in [3.63, 3.8) is 0 Å². The predicted octanol–water partition coefficient (Wildman–Crippen LogP) is 0.453. The molecule has 0 rings (SSSR count). The third-order valence-electron chi connectivity index (χ3n) is 1.32. The number of nitrogens with two attached hydrogens (primary N) is 1. The van der Waals surface area contributed by atoms with E-state index in [0.717, 1.165) is 18.7 Å². The molecule has 0 bridgehead atoms. The highest BCUT2D eigenvalue weighted by Crippen LogP contribution is 1.89. The molecule has 0 amide bonds. The highest BCUT2D eigenvalue weighted by atomic mass is 15.1. The third-order valence-corrected chi connectivity index (χ3v) is 1.32. The number of nitrogens with zero attached hydrogens (tertiary/aromatic N) is 1. The number of hydrogen-bond donors (Lipinski definition) is 1. The summed E-state index contributed by atoms with van der Waals surface area (Å²) in [6.45, 7) is 8.49. The summed E-state index contributed by atoms with van der Waals surface area (Å²) in [5.41, 5.74) is 6.45. The van der Waals surface area contributed by atoms with Crippen LogP contribution in [0, 0.1) is 0 Å². The quantitative estimate of drug-likeness (QED) is 0.557. The van der Waals surface area contributed by atoms with Gasteiger partial charge < -0.3 is 10.6 Å². The van der Waals surface area contributed by atoms with Gasteiger partial charge >= 0.3 is 0 Å². The van der Waals surface area contributed by atoms with Gasteiger partial charge in [0.1, 0.15) is 0 Å². The SMILES string of the molecule is C=C(CN)CN(C)CC. The fraction of sp³-hybridized carbons (Fsp3) is 0.714. The molecule has 0 radical (unpaired) electrons. The van der Waals surface area contributed by atoms with Crippen LogP contribution < -0.4 is 5.73 Å². The summed E-state index contributed by atoms with van der Waals surface area (Å²) in [6.07, 6.45) is 0. The summed E-state index contributed by atoms with van der Waals surface area (Å²) >= 11 is 0. The van der Waals surface area contributed by atoms with Gasteiger partial charge in [0, 0.05) is 13.1 Å². The average Bonchev–Trinajstić information content (AvgIpc) is 1.87. The van der Waals surface area contributed by atoms with Gasteiger partial charge in [-0.2, -0.15) is 0 Å². The second-order valence-corrected chi connectivity index (χ2v) is 2.28. The summed E-state index contributed by atoms with van der Waals surface area (Å²) in [5.74, 6) is 0. The first-order valence-corrected chi connectivity index (χ1v) is 3.26. The zero-order chi connectivity index (χ0) is 7.28. The van der Waals surface area contributed by atoms with Crippen molar-refractivity contribution in [2.45, 2.75) is 6.92 Å². The minimum Gasteiger partial charge on any atom is -0.327 e. The highest BCUT2D eigenvalue weighted by molar-refractivity contribution is 4.97. The van der Waals surface area contributed by atoms with Crippen molar-refractivity contribution in [3.05, 3.63) is 12.2 Å². The predicted molar refractivity (Wildman–Crippen MR) is 41.4 cm³/mol. The standard InChI is InChI=1S/C7H16N2/c1-4-9(3)6-7(2)5-8/h2,4-6,8H2,1,3H3. The van der Waals surface area contributed by atoms with Crippen LogP contribution in [0.5, 0.6) is 0 Å². The fourth-order valence-corrected chi connectivity index (χ4v) is 0.558. The van der Waals surface area contributed by atoms with E-state index in [-0.39, 0.29) is 0 Å². The summed E-state index contributed by atoms with van der Waals surface area (Å²) in [7, 11) is 2.06. The zero-order valence-corrected chi connectivity index (χ0v) is 6.35. The van der Waals surface area contributed by atoms with Crippen molar-refractivity contribution in [2.75, 3.05) is 26.7 Å². The molecule has 0 fully saturated rings. The summed E-state index contributed by atoms with van der Waals surface area (Å²) in [5, 5.41) is 0. The lowest BCUT2D eigenvalue weighted by Crippen LogP contribution is -2.22. The molecule has 0 aliphatic carbocycles. The molecule has 2 N–H and O–H groups in total. The molecule has 0 atom stereocenters. The van der Waals surface area contributed by atoms with E-state index in [1.165, 1.54) is 0 Å². The van der Waals surface area contributed by atoms with Gasteiger partial charge in [0.25, 0.3) is 0 Å². The van der Waals surface area contributed by atoms with Gasteiger partial charge in [-0.25, -0.2) is 0 Å². The van der Waals surface area contributed by atoms with E-state index in [4.69, 9.17) is 5.73 Å². The lowest BCUT2D eigenvalue weighted by molar-refractivity contribution is 0.382. The maximum Gasteiger partial charge on any atom is 0.0199 e. The maximum atomic E-state index is 5.35. The Kier molecular flexibility index (Phi) is 4.36. The lowest BCUT2D eigenvalue weighted by Gasteiger charge is -2.13. The molecule has 2 nitrogen and oxygen atoms in total. The van der Waals surface area contributed by atoms with Gasteiger partial charge in [-0.3, -0.25) is 0 Å². The van der Waals surface area contributed by atoms with Crippen LogP contribution in [-0.2, 0) is 0 Å². The van der Waals surface area contributed by atoms with E-state index >= 15 is 0 Å². The van der Waals surface area contributed by atoms with Crippen LogP contribution in [0.25, 0.3) is 0 Å². The molecule has 2 heteroatoms. The number of hydrogen-bond acceptors (Lipinski definition) is 2. The molecule has 0 heterocycles. The highest BCUT2D eigenvalue weighted by Gasteiger charge is 1.94. The Labute approximate surface area is 57.3 Å². The largest absolute Gasteiger partial charge is 0.327 e. The first-order chi connectivity index (χ1) is 4.20. The minimum atomic E-state index is 0.602. The molecule has 0 saturated carbocycles. The van der Waals surface area contributed by atoms with Gasteiger partial charge in [0.05, 0.1) is 0 Å². The molecule has 0 unspecified atom stereocenters. The molecule has 0 aromatic heterocycles. The van der Waals surface area contributed by atoms with Crippen LogP contribution in [0.2, 0.25) is 0 Å². The maximum absolute atomic E-state index is 5.35. The summed E-state index contributed by atoms with van der Waals surface area (Å²) < 4.78 is 0. The summed E-state index contributed by atoms with van der Waals surface area (Å²) in [6, 6.07) is 0. The van der Waals surface area contributed by atoms with E-state index < -0.39 is 0 Å². The Morgan fingerprint density at radius 1 is 1.67 bits per heavy atom. The average molecular weight is 128 g/mol. The Morgan fingerprint density at radius 3 is 2.56 bits per heavy atom. The molecule has 9 heavy (non-hydrogen) atoms. The van der Waals surface area contributed by atoms with Gasteiger partial charge in [-0.1, -0.05) is 13.5 Å². The molecule has 0 saturated heterocycles. The first kappa shape index (κ1) is 8.66. The topological polar surface area (TPSA) is 29.3 Å². The van der Waals surface area contributed by atoms with E-state index in [1.54, 1.807) is 0 Å². The van der Waals surface area contributed by atoms with E-state index in [9.17, 15) is 0 Å². The van der Waals surface area contributed by atoms with E-state index in [0.29, 0.717) is 6.54 Å². The monoisotopic (exact) mass is 128 g/mol. The van der Waals surface area contributed by atoms with Gasteiger partial charge in [-0.05, 0) is 19.2 Å². The number of rotatable bonds is 4. The Hall–Kier alpha value is -0.340. The molecule has 0 aliphatic heterocycles. The number of likely N-dealkylation sites (N-methyl/N-ethyl adjacent to an activating group) is 1. The molecule has 0 aromatic rings. The molecule has 0 spiro atoms. The van der Waals surface area contributed by atoms with Crippen LogP contribution in [-0.4, -0.2) is 31.6 Å².